The van der Waals surface area contributed by atoms with Gasteiger partial charge in [-0.05, 0) is 49.7 Å². The number of rotatable bonds is 5. The van der Waals surface area contributed by atoms with Crippen LogP contribution in [0.2, 0.25) is 5.02 Å². The predicted molar refractivity (Wildman–Crippen MR) is 116 cm³/mol. The van der Waals surface area contributed by atoms with Gasteiger partial charge in [0.15, 0.2) is 0 Å². The fourth-order valence-electron chi connectivity index (χ4n) is 3.34. The second kappa shape index (κ2) is 7.97. The van der Waals surface area contributed by atoms with Gasteiger partial charge in [0.05, 0.1) is 12.2 Å². The highest BCUT2D eigenvalue weighted by atomic mass is 35.5. The van der Waals surface area contributed by atoms with Gasteiger partial charge in [-0.3, -0.25) is 4.79 Å². The van der Waals surface area contributed by atoms with Crippen LogP contribution in [0.25, 0.3) is 11.1 Å². The van der Waals surface area contributed by atoms with Crippen LogP contribution >= 0.6 is 11.6 Å². The Morgan fingerprint density at radius 2 is 1.79 bits per heavy atom. The van der Waals surface area contributed by atoms with E-state index in [2.05, 4.69) is 10.5 Å². The number of aryl methyl sites for hydroxylation is 2. The van der Waals surface area contributed by atoms with Crippen molar-refractivity contribution in [3.05, 3.63) is 99.3 Å². The van der Waals surface area contributed by atoms with Crippen LogP contribution in [0.5, 0.6) is 0 Å². The lowest BCUT2D eigenvalue weighted by Gasteiger charge is -2.14. The highest BCUT2D eigenvalue weighted by molar-refractivity contribution is 6.30. The fourth-order valence-corrected chi connectivity index (χ4v) is 3.46. The maximum absolute atomic E-state index is 13.2. The molecule has 2 heterocycles. The molecule has 4 rings (SSSR count). The molecule has 0 aliphatic heterocycles. The summed E-state index contributed by atoms with van der Waals surface area (Å²) < 4.78 is 7.03. The number of para-hydroxylation sites is 1. The van der Waals surface area contributed by atoms with Crippen LogP contribution in [-0.4, -0.2) is 9.72 Å². The molecule has 0 unspecified atom stereocenters. The van der Waals surface area contributed by atoms with E-state index < -0.39 is 0 Å². The van der Waals surface area contributed by atoms with Crippen LogP contribution in [0, 0.1) is 13.8 Å². The van der Waals surface area contributed by atoms with Crippen LogP contribution in [0.1, 0.15) is 17.0 Å². The molecule has 0 aliphatic rings. The van der Waals surface area contributed by atoms with Gasteiger partial charge in [-0.15, -0.1) is 0 Å². The van der Waals surface area contributed by atoms with Gasteiger partial charge >= 0.3 is 0 Å². The summed E-state index contributed by atoms with van der Waals surface area (Å²) in [4.78, 5) is 13.2. The minimum absolute atomic E-state index is 0.112. The average molecular weight is 406 g/mol. The van der Waals surface area contributed by atoms with Gasteiger partial charge < -0.3 is 14.4 Å². The van der Waals surface area contributed by atoms with Crippen molar-refractivity contribution in [1.29, 1.82) is 0 Å². The number of aromatic nitrogens is 2. The molecule has 0 aliphatic carbocycles. The van der Waals surface area contributed by atoms with Gasteiger partial charge in [0, 0.05) is 28.0 Å². The van der Waals surface area contributed by atoms with E-state index in [4.69, 9.17) is 16.1 Å². The molecular weight excluding hydrogens is 386 g/mol. The summed E-state index contributed by atoms with van der Waals surface area (Å²) in [5.74, 6) is 0.713. The second-order valence-electron chi connectivity index (χ2n) is 6.89. The smallest absolute Gasteiger partial charge is 0.274 e. The molecule has 29 heavy (non-hydrogen) atoms. The molecule has 4 aromatic rings. The third-order valence-corrected chi connectivity index (χ3v) is 4.98. The van der Waals surface area contributed by atoms with Crippen molar-refractivity contribution in [2.24, 2.45) is 0 Å². The molecule has 2 aromatic carbocycles. The summed E-state index contributed by atoms with van der Waals surface area (Å²) in [5.41, 5.74) is 4.75. The first-order chi connectivity index (χ1) is 14.0. The zero-order valence-corrected chi connectivity index (χ0v) is 16.9. The molecule has 0 radical (unpaired) electrons. The van der Waals surface area contributed by atoms with Crippen LogP contribution in [-0.2, 0) is 6.54 Å². The first-order valence-corrected chi connectivity index (χ1v) is 9.63. The van der Waals surface area contributed by atoms with E-state index in [0.717, 1.165) is 28.1 Å². The summed E-state index contributed by atoms with van der Waals surface area (Å²) in [7, 11) is 0. The van der Waals surface area contributed by atoms with Gasteiger partial charge in [0.2, 0.25) is 0 Å². The van der Waals surface area contributed by atoms with Crippen LogP contribution in [0.3, 0.4) is 0 Å². The molecular formula is C23H20ClN3O2. The van der Waals surface area contributed by atoms with Crippen molar-refractivity contribution in [2.45, 2.75) is 20.4 Å². The Balaban J connectivity index is 1.82. The summed E-state index contributed by atoms with van der Waals surface area (Å²) in [6.45, 7) is 4.19. The van der Waals surface area contributed by atoms with Crippen molar-refractivity contribution in [1.82, 2.24) is 9.72 Å². The monoisotopic (exact) mass is 405 g/mol. The lowest BCUT2D eigenvalue weighted by molar-refractivity contribution is 0.393. The third-order valence-electron chi connectivity index (χ3n) is 4.73. The molecule has 0 spiro atoms. The van der Waals surface area contributed by atoms with Gasteiger partial charge in [0.25, 0.3) is 5.56 Å². The molecule has 0 atom stereocenters. The zero-order valence-electron chi connectivity index (χ0n) is 16.1. The number of nitrogens with zero attached hydrogens (tertiary/aromatic N) is 2. The number of anilines is 2. The Labute approximate surface area is 173 Å². The van der Waals surface area contributed by atoms with E-state index in [1.54, 1.807) is 4.57 Å². The Hall–Kier alpha value is -3.31. The van der Waals surface area contributed by atoms with E-state index in [9.17, 15) is 4.79 Å². The Bertz CT molecular complexity index is 1180. The molecule has 1 N–H and O–H groups in total. The Kier molecular flexibility index (Phi) is 5.23. The van der Waals surface area contributed by atoms with E-state index in [0.29, 0.717) is 23.0 Å². The maximum Gasteiger partial charge on any atom is 0.274 e. The number of nitrogens with one attached hydrogen (secondary N) is 1. The van der Waals surface area contributed by atoms with E-state index in [-0.39, 0.29) is 5.56 Å². The predicted octanol–water partition coefficient (Wildman–Crippen LogP) is 5.57. The molecule has 6 heteroatoms. The Morgan fingerprint density at radius 3 is 2.45 bits per heavy atom. The van der Waals surface area contributed by atoms with Crippen molar-refractivity contribution < 1.29 is 4.52 Å². The SMILES string of the molecule is Cc1noc(C)c1-c1cc(Nc2ccccc2)c(=O)n(Cc2ccc(Cl)cc2)c1. The Morgan fingerprint density at radius 1 is 1.07 bits per heavy atom. The number of hydrogen-bond acceptors (Lipinski definition) is 4. The third kappa shape index (κ3) is 4.10. The molecule has 2 aromatic heterocycles. The number of hydrogen-bond donors (Lipinski definition) is 1. The molecule has 0 fully saturated rings. The van der Waals surface area contributed by atoms with Crippen molar-refractivity contribution >= 4 is 23.0 Å². The van der Waals surface area contributed by atoms with E-state index in [1.807, 2.05) is 80.7 Å². The maximum atomic E-state index is 13.2. The van der Waals surface area contributed by atoms with Gasteiger partial charge in [-0.2, -0.15) is 0 Å². The summed E-state index contributed by atoms with van der Waals surface area (Å²) in [5, 5.41) is 7.96. The minimum atomic E-state index is -0.112. The quantitative estimate of drug-likeness (QED) is 0.471. The highest BCUT2D eigenvalue weighted by Gasteiger charge is 2.16. The molecule has 0 saturated carbocycles. The van der Waals surface area contributed by atoms with Crippen molar-refractivity contribution in [3.8, 4) is 11.1 Å². The van der Waals surface area contributed by atoms with Gasteiger partial charge in [-0.1, -0.05) is 47.1 Å². The van der Waals surface area contributed by atoms with Crippen LogP contribution in [0.4, 0.5) is 11.4 Å². The first-order valence-electron chi connectivity index (χ1n) is 9.25. The lowest BCUT2D eigenvalue weighted by atomic mass is 10.1. The second-order valence-corrected chi connectivity index (χ2v) is 7.33. The van der Waals surface area contributed by atoms with E-state index in [1.165, 1.54) is 0 Å². The zero-order chi connectivity index (χ0) is 20.4. The standard InChI is InChI=1S/C23H20ClN3O2/c1-15-22(16(2)29-26-15)18-12-21(25-20-6-4-3-5-7-20)23(28)27(14-18)13-17-8-10-19(24)11-9-17/h3-12,14,25H,13H2,1-2H3. The number of halogens is 1. The van der Waals surface area contributed by atoms with Gasteiger partial charge in [0.1, 0.15) is 11.4 Å². The largest absolute Gasteiger partial charge is 0.361 e. The topological polar surface area (TPSA) is 60.1 Å². The molecule has 0 bridgehead atoms. The van der Waals surface area contributed by atoms with Gasteiger partial charge in [-0.25, -0.2) is 0 Å². The fraction of sp³-hybridized carbons (Fsp3) is 0.130. The molecule has 5 nitrogen and oxygen atoms in total. The number of benzene rings is 2. The van der Waals surface area contributed by atoms with Crippen molar-refractivity contribution in [3.63, 3.8) is 0 Å². The summed E-state index contributed by atoms with van der Waals surface area (Å²) in [6.07, 6.45) is 1.85. The molecule has 0 saturated heterocycles. The lowest BCUT2D eigenvalue weighted by Crippen LogP contribution is -2.23. The number of pyridine rings is 1. The molecule has 146 valence electrons. The minimum Gasteiger partial charge on any atom is -0.361 e. The first kappa shape index (κ1) is 19.0. The highest BCUT2D eigenvalue weighted by Crippen LogP contribution is 2.28. The van der Waals surface area contributed by atoms with Crippen LogP contribution < -0.4 is 10.9 Å². The summed E-state index contributed by atoms with van der Waals surface area (Å²) >= 11 is 5.99. The van der Waals surface area contributed by atoms with Crippen molar-refractivity contribution in [2.75, 3.05) is 5.32 Å². The average Bonchev–Trinajstić information content (AvgIpc) is 3.05. The molecule has 0 amide bonds. The summed E-state index contributed by atoms with van der Waals surface area (Å²) in [6, 6.07) is 19.0. The van der Waals surface area contributed by atoms with E-state index >= 15 is 0 Å². The normalized spacial score (nSPS) is 10.9. The van der Waals surface area contributed by atoms with Crippen LogP contribution in [0.15, 0.2) is 76.2 Å².